The lowest BCUT2D eigenvalue weighted by molar-refractivity contribution is -0.157. The molecule has 0 aromatic rings. The zero-order valence-corrected chi connectivity index (χ0v) is 15.8. The molecule has 0 spiro atoms. The van der Waals surface area contributed by atoms with Crippen molar-refractivity contribution < 1.29 is 28.6 Å². The number of hydrogen-bond donors (Lipinski definition) is 1. The van der Waals surface area contributed by atoms with Crippen molar-refractivity contribution in [3.63, 3.8) is 0 Å². The number of carbonyl (C=O) groups is 3. The summed E-state index contributed by atoms with van der Waals surface area (Å²) in [6.07, 6.45) is -0.490. The first-order valence-electron chi connectivity index (χ1n) is 8.70. The highest BCUT2D eigenvalue weighted by atomic mass is 16.6. The van der Waals surface area contributed by atoms with E-state index in [1.54, 1.807) is 34.6 Å². The molecule has 1 N–H and O–H groups in total. The molecule has 1 amide bonds. The SMILES string of the molecule is CCOC(=O)[C@@H]1CN(CCNC(=O)OC(C)(C)C)C[C@H]1C(=O)OCC. The van der Waals surface area contributed by atoms with Crippen LogP contribution in [0.5, 0.6) is 0 Å². The van der Waals surface area contributed by atoms with Gasteiger partial charge in [-0.2, -0.15) is 0 Å². The fraction of sp³-hybridized carbons (Fsp3) is 0.824. The highest BCUT2D eigenvalue weighted by Gasteiger charge is 2.43. The Hall–Kier alpha value is -1.83. The lowest BCUT2D eigenvalue weighted by atomic mass is 9.96. The maximum absolute atomic E-state index is 12.1. The van der Waals surface area contributed by atoms with Gasteiger partial charge in [0.25, 0.3) is 0 Å². The lowest BCUT2D eigenvalue weighted by Gasteiger charge is -2.21. The molecule has 0 radical (unpaired) electrons. The van der Waals surface area contributed by atoms with Crippen LogP contribution < -0.4 is 5.32 Å². The minimum absolute atomic E-state index is 0.269. The maximum atomic E-state index is 12.1. The topological polar surface area (TPSA) is 94.2 Å². The first kappa shape index (κ1) is 21.2. The van der Waals surface area contributed by atoms with Crippen molar-refractivity contribution in [3.8, 4) is 0 Å². The fourth-order valence-electron chi connectivity index (χ4n) is 2.67. The van der Waals surface area contributed by atoms with Crippen LogP contribution in [-0.4, -0.2) is 67.9 Å². The molecule has 2 atom stereocenters. The van der Waals surface area contributed by atoms with E-state index in [1.165, 1.54) is 0 Å². The number of likely N-dealkylation sites (tertiary alicyclic amines) is 1. The molecule has 1 rings (SSSR count). The van der Waals surface area contributed by atoms with Crippen LogP contribution in [0.15, 0.2) is 0 Å². The molecule has 25 heavy (non-hydrogen) atoms. The van der Waals surface area contributed by atoms with E-state index in [2.05, 4.69) is 5.32 Å². The highest BCUT2D eigenvalue weighted by Crippen LogP contribution is 2.25. The van der Waals surface area contributed by atoms with Gasteiger partial charge in [0.2, 0.25) is 0 Å². The maximum Gasteiger partial charge on any atom is 0.407 e. The van der Waals surface area contributed by atoms with Gasteiger partial charge >= 0.3 is 18.0 Å². The molecule has 0 bridgehead atoms. The molecule has 1 fully saturated rings. The van der Waals surface area contributed by atoms with Crippen LogP contribution in [0.4, 0.5) is 4.79 Å². The zero-order chi connectivity index (χ0) is 19.0. The summed E-state index contributed by atoms with van der Waals surface area (Å²) in [6, 6.07) is 0. The number of nitrogens with zero attached hydrogens (tertiary/aromatic N) is 1. The third kappa shape index (κ3) is 7.29. The van der Waals surface area contributed by atoms with Gasteiger partial charge < -0.3 is 19.5 Å². The van der Waals surface area contributed by atoms with Crippen molar-refractivity contribution in [3.05, 3.63) is 0 Å². The van der Waals surface area contributed by atoms with E-state index in [9.17, 15) is 14.4 Å². The number of hydrogen-bond acceptors (Lipinski definition) is 7. The van der Waals surface area contributed by atoms with Crippen molar-refractivity contribution in [2.45, 2.75) is 40.2 Å². The second-order valence-electron chi connectivity index (χ2n) is 6.91. The Labute approximate surface area is 149 Å². The average molecular weight is 358 g/mol. The predicted octanol–water partition coefficient (Wildman–Crippen LogP) is 1.19. The summed E-state index contributed by atoms with van der Waals surface area (Å²) in [5.41, 5.74) is -0.554. The molecule has 0 aromatic carbocycles. The van der Waals surface area contributed by atoms with Gasteiger partial charge in [-0.3, -0.25) is 14.5 Å². The van der Waals surface area contributed by atoms with Gasteiger partial charge in [-0.25, -0.2) is 4.79 Å². The van der Waals surface area contributed by atoms with Gasteiger partial charge in [-0.05, 0) is 34.6 Å². The smallest absolute Gasteiger partial charge is 0.407 e. The molecule has 1 aliphatic rings. The number of ether oxygens (including phenoxy) is 3. The Kier molecular flexibility index (Phi) is 8.15. The molecule has 1 aliphatic heterocycles. The van der Waals surface area contributed by atoms with Crippen LogP contribution >= 0.6 is 0 Å². The van der Waals surface area contributed by atoms with Gasteiger partial charge in [-0.15, -0.1) is 0 Å². The lowest BCUT2D eigenvalue weighted by Crippen LogP contribution is -2.37. The minimum Gasteiger partial charge on any atom is -0.466 e. The summed E-state index contributed by atoms with van der Waals surface area (Å²) < 4.78 is 15.3. The van der Waals surface area contributed by atoms with Gasteiger partial charge in [0.15, 0.2) is 0 Å². The van der Waals surface area contributed by atoms with E-state index < -0.39 is 23.5 Å². The molecule has 144 valence electrons. The zero-order valence-electron chi connectivity index (χ0n) is 15.8. The summed E-state index contributed by atoms with van der Waals surface area (Å²) in [4.78, 5) is 37.8. The number of esters is 2. The second-order valence-corrected chi connectivity index (χ2v) is 6.91. The summed E-state index contributed by atoms with van der Waals surface area (Å²) in [7, 11) is 0. The molecule has 0 saturated carbocycles. The van der Waals surface area contributed by atoms with Gasteiger partial charge in [0.1, 0.15) is 5.60 Å². The van der Waals surface area contributed by atoms with Crippen LogP contribution in [0.3, 0.4) is 0 Å². The fourth-order valence-corrected chi connectivity index (χ4v) is 2.67. The van der Waals surface area contributed by atoms with Crippen LogP contribution in [-0.2, 0) is 23.8 Å². The Morgan fingerprint density at radius 1 is 1.00 bits per heavy atom. The standard InChI is InChI=1S/C17H30N2O6/c1-6-23-14(20)12-10-19(11-13(12)15(21)24-7-2)9-8-18-16(22)25-17(3,4)5/h12-13H,6-11H2,1-5H3,(H,18,22)/t12-,13-/m1/s1. The third-order valence-electron chi connectivity index (χ3n) is 3.67. The van der Waals surface area contributed by atoms with Crippen molar-refractivity contribution >= 4 is 18.0 Å². The molecule has 8 nitrogen and oxygen atoms in total. The first-order valence-corrected chi connectivity index (χ1v) is 8.70. The second kappa shape index (κ2) is 9.60. The molecule has 0 unspecified atom stereocenters. The van der Waals surface area contributed by atoms with Crippen molar-refractivity contribution in [1.29, 1.82) is 0 Å². The third-order valence-corrected chi connectivity index (χ3v) is 3.67. The average Bonchev–Trinajstić information content (AvgIpc) is 2.90. The van der Waals surface area contributed by atoms with E-state index in [-0.39, 0.29) is 25.2 Å². The largest absolute Gasteiger partial charge is 0.466 e. The van der Waals surface area contributed by atoms with E-state index in [0.717, 1.165) is 0 Å². The number of nitrogens with one attached hydrogen (secondary N) is 1. The van der Waals surface area contributed by atoms with E-state index >= 15 is 0 Å². The van der Waals surface area contributed by atoms with E-state index in [1.807, 2.05) is 4.90 Å². The molecule has 0 aromatic heterocycles. The summed E-state index contributed by atoms with van der Waals surface area (Å²) >= 11 is 0. The molecular weight excluding hydrogens is 328 g/mol. The highest BCUT2D eigenvalue weighted by molar-refractivity contribution is 5.83. The Bertz CT molecular complexity index is 448. The van der Waals surface area contributed by atoms with Crippen LogP contribution in [0.2, 0.25) is 0 Å². The van der Waals surface area contributed by atoms with Crippen molar-refractivity contribution in [2.24, 2.45) is 11.8 Å². The number of alkyl carbamates (subject to hydrolysis) is 1. The predicted molar refractivity (Wildman–Crippen MR) is 90.9 cm³/mol. The molecule has 0 aliphatic carbocycles. The Balaban J connectivity index is 2.54. The Morgan fingerprint density at radius 2 is 1.48 bits per heavy atom. The minimum atomic E-state index is -0.554. The van der Waals surface area contributed by atoms with Crippen LogP contribution in [0.1, 0.15) is 34.6 Å². The van der Waals surface area contributed by atoms with E-state index in [0.29, 0.717) is 26.2 Å². The van der Waals surface area contributed by atoms with Crippen molar-refractivity contribution in [1.82, 2.24) is 10.2 Å². The first-order chi connectivity index (χ1) is 11.7. The van der Waals surface area contributed by atoms with Gasteiger partial charge in [0.05, 0.1) is 25.0 Å². The summed E-state index contributed by atoms with van der Waals surface area (Å²) in [6.45, 7) is 11.0. The normalized spacial score (nSPS) is 20.8. The van der Waals surface area contributed by atoms with Gasteiger partial charge in [0, 0.05) is 26.2 Å². The quantitative estimate of drug-likeness (QED) is 0.539. The van der Waals surface area contributed by atoms with E-state index in [4.69, 9.17) is 14.2 Å². The molecule has 1 heterocycles. The summed E-state index contributed by atoms with van der Waals surface area (Å²) in [5, 5.41) is 2.67. The number of carbonyl (C=O) groups excluding carboxylic acids is 3. The summed E-state index contributed by atoms with van der Waals surface area (Å²) in [5.74, 6) is -1.85. The molecular formula is C17H30N2O6. The number of amides is 1. The van der Waals surface area contributed by atoms with Crippen molar-refractivity contribution in [2.75, 3.05) is 39.4 Å². The molecule has 1 saturated heterocycles. The molecule has 8 heteroatoms. The van der Waals surface area contributed by atoms with Crippen LogP contribution in [0, 0.1) is 11.8 Å². The van der Waals surface area contributed by atoms with Crippen LogP contribution in [0.25, 0.3) is 0 Å². The van der Waals surface area contributed by atoms with Gasteiger partial charge in [-0.1, -0.05) is 0 Å². The number of rotatable bonds is 7. The monoisotopic (exact) mass is 358 g/mol. The Morgan fingerprint density at radius 3 is 1.88 bits per heavy atom.